The number of hydrogen-bond acceptors (Lipinski definition) is 6. The first-order chi connectivity index (χ1) is 8.93. The molecule has 19 heavy (non-hydrogen) atoms. The van der Waals surface area contributed by atoms with E-state index in [0.29, 0.717) is 11.2 Å². The van der Waals surface area contributed by atoms with Crippen molar-refractivity contribution in [3.8, 4) is 0 Å². The van der Waals surface area contributed by atoms with Crippen molar-refractivity contribution >= 4 is 24.6 Å². The van der Waals surface area contributed by atoms with Gasteiger partial charge in [0.25, 0.3) is 0 Å². The SMILES string of the molecule is COC[C@@H](Cn1cnc2c(N)ncnc21)P(=O)(O)O. The second-order valence-electron chi connectivity index (χ2n) is 4.03. The van der Waals surface area contributed by atoms with Gasteiger partial charge in [-0.1, -0.05) is 0 Å². The van der Waals surface area contributed by atoms with Crippen LogP contribution in [0.25, 0.3) is 11.2 Å². The molecule has 2 aromatic rings. The van der Waals surface area contributed by atoms with Crippen LogP contribution < -0.4 is 5.73 Å². The average molecular weight is 287 g/mol. The Morgan fingerprint density at radius 2 is 2.21 bits per heavy atom. The number of nitrogens with two attached hydrogens (primary N) is 1. The Morgan fingerprint density at radius 3 is 2.84 bits per heavy atom. The first-order valence-corrected chi connectivity index (χ1v) is 7.07. The van der Waals surface area contributed by atoms with E-state index in [0.717, 1.165) is 0 Å². The molecular weight excluding hydrogens is 273 g/mol. The van der Waals surface area contributed by atoms with Crippen LogP contribution in [-0.4, -0.2) is 48.7 Å². The van der Waals surface area contributed by atoms with Gasteiger partial charge in [-0.25, -0.2) is 15.0 Å². The lowest BCUT2D eigenvalue weighted by atomic mass is 10.4. The summed E-state index contributed by atoms with van der Waals surface area (Å²) in [6, 6.07) is 0. The third-order valence-electron chi connectivity index (χ3n) is 2.67. The van der Waals surface area contributed by atoms with Gasteiger partial charge in [-0.15, -0.1) is 0 Å². The molecule has 0 spiro atoms. The molecule has 1 atom stereocenters. The highest BCUT2D eigenvalue weighted by Crippen LogP contribution is 2.42. The van der Waals surface area contributed by atoms with Gasteiger partial charge in [-0.2, -0.15) is 0 Å². The van der Waals surface area contributed by atoms with E-state index in [9.17, 15) is 14.4 Å². The number of nitrogen functional groups attached to an aromatic ring is 1. The Morgan fingerprint density at radius 1 is 1.47 bits per heavy atom. The smallest absolute Gasteiger partial charge is 0.332 e. The van der Waals surface area contributed by atoms with Gasteiger partial charge >= 0.3 is 7.60 Å². The summed E-state index contributed by atoms with van der Waals surface area (Å²) in [5, 5.41) is 0. The van der Waals surface area contributed by atoms with E-state index in [1.165, 1.54) is 24.3 Å². The van der Waals surface area contributed by atoms with Crippen molar-refractivity contribution in [2.45, 2.75) is 12.2 Å². The molecule has 2 rings (SSSR count). The molecule has 2 heterocycles. The van der Waals surface area contributed by atoms with E-state index >= 15 is 0 Å². The summed E-state index contributed by atoms with van der Waals surface area (Å²) in [5.74, 6) is 0.225. The fraction of sp³-hybridized carbons (Fsp3) is 0.444. The number of fused-ring (bicyclic) bond motifs is 1. The number of aromatic nitrogens is 4. The molecule has 10 heteroatoms. The van der Waals surface area contributed by atoms with E-state index in [1.807, 2.05) is 0 Å². The number of imidazole rings is 1. The monoisotopic (exact) mass is 287 g/mol. The van der Waals surface area contributed by atoms with Crippen molar-refractivity contribution in [3.63, 3.8) is 0 Å². The predicted octanol–water partition coefficient (Wildman–Crippen LogP) is -0.399. The van der Waals surface area contributed by atoms with Crippen molar-refractivity contribution < 1.29 is 19.1 Å². The number of methoxy groups -OCH3 is 1. The van der Waals surface area contributed by atoms with Crippen molar-refractivity contribution in [1.29, 1.82) is 0 Å². The molecule has 0 fully saturated rings. The van der Waals surface area contributed by atoms with E-state index in [-0.39, 0.29) is 19.0 Å². The highest BCUT2D eigenvalue weighted by molar-refractivity contribution is 7.52. The number of rotatable bonds is 5. The molecule has 0 aromatic carbocycles. The van der Waals surface area contributed by atoms with Crippen LogP contribution in [0.3, 0.4) is 0 Å². The molecule has 0 bridgehead atoms. The molecule has 2 aromatic heterocycles. The molecule has 0 radical (unpaired) electrons. The van der Waals surface area contributed by atoms with Crippen LogP contribution in [0.2, 0.25) is 0 Å². The highest BCUT2D eigenvalue weighted by atomic mass is 31.2. The Bertz CT molecular complexity index is 624. The summed E-state index contributed by atoms with van der Waals surface area (Å²) in [6.45, 7) is -0.0322. The summed E-state index contributed by atoms with van der Waals surface area (Å²) in [6.07, 6.45) is 2.70. The quantitative estimate of drug-likeness (QED) is 0.632. The van der Waals surface area contributed by atoms with Crippen LogP contribution in [-0.2, 0) is 15.8 Å². The van der Waals surface area contributed by atoms with Crippen molar-refractivity contribution in [2.75, 3.05) is 19.5 Å². The number of nitrogens with zero attached hydrogens (tertiary/aromatic N) is 4. The van der Waals surface area contributed by atoms with Gasteiger partial charge in [0.15, 0.2) is 11.5 Å². The lowest BCUT2D eigenvalue weighted by molar-refractivity contribution is 0.181. The largest absolute Gasteiger partial charge is 0.384 e. The molecular formula is C9H14N5O4P. The Labute approximate surface area is 108 Å². The zero-order chi connectivity index (χ0) is 14.0. The molecule has 0 aliphatic heterocycles. The van der Waals surface area contributed by atoms with Gasteiger partial charge in [0.2, 0.25) is 0 Å². The van der Waals surface area contributed by atoms with Gasteiger partial charge in [0, 0.05) is 13.7 Å². The highest BCUT2D eigenvalue weighted by Gasteiger charge is 2.29. The number of ether oxygens (including phenoxy) is 1. The zero-order valence-electron chi connectivity index (χ0n) is 10.2. The molecule has 0 unspecified atom stereocenters. The average Bonchev–Trinajstić information content (AvgIpc) is 2.72. The standard InChI is InChI=1S/C9H14N5O4P/c1-18-3-6(19(15,16)17)2-14-5-13-7-8(10)11-4-12-9(7)14/h4-6H,2-3H2,1H3,(H2,10,11,12)(H2,15,16,17)/t6-/m1/s1. The fourth-order valence-corrected chi connectivity index (χ4v) is 2.44. The molecule has 0 saturated carbocycles. The van der Waals surface area contributed by atoms with Gasteiger partial charge in [-0.3, -0.25) is 4.57 Å². The van der Waals surface area contributed by atoms with Crippen LogP contribution in [0.15, 0.2) is 12.7 Å². The maximum atomic E-state index is 11.4. The lowest BCUT2D eigenvalue weighted by Gasteiger charge is -2.17. The Balaban J connectivity index is 2.34. The summed E-state index contributed by atoms with van der Waals surface area (Å²) < 4.78 is 17.7. The normalized spacial score (nSPS) is 13.8. The molecule has 0 aliphatic rings. The van der Waals surface area contributed by atoms with E-state index in [1.54, 1.807) is 0 Å². The molecule has 104 valence electrons. The molecule has 0 saturated heterocycles. The van der Waals surface area contributed by atoms with Crippen LogP contribution in [0.5, 0.6) is 0 Å². The van der Waals surface area contributed by atoms with Crippen molar-refractivity contribution in [1.82, 2.24) is 19.5 Å². The summed E-state index contributed by atoms with van der Waals surface area (Å²) in [5.41, 5.74) is 5.51. The number of anilines is 1. The second kappa shape index (κ2) is 5.22. The second-order valence-corrected chi connectivity index (χ2v) is 5.93. The zero-order valence-corrected chi connectivity index (χ0v) is 11.1. The lowest BCUT2D eigenvalue weighted by Crippen LogP contribution is -2.22. The van der Waals surface area contributed by atoms with Crippen LogP contribution >= 0.6 is 7.60 Å². The van der Waals surface area contributed by atoms with Crippen LogP contribution in [0.1, 0.15) is 0 Å². The third kappa shape index (κ3) is 2.90. The minimum absolute atomic E-state index is 0.0328. The molecule has 9 nitrogen and oxygen atoms in total. The van der Waals surface area contributed by atoms with Crippen molar-refractivity contribution in [2.24, 2.45) is 0 Å². The third-order valence-corrected chi connectivity index (χ3v) is 3.94. The van der Waals surface area contributed by atoms with E-state index in [4.69, 9.17) is 10.5 Å². The predicted molar refractivity (Wildman–Crippen MR) is 67.4 cm³/mol. The van der Waals surface area contributed by atoms with Crippen LogP contribution in [0.4, 0.5) is 5.82 Å². The van der Waals surface area contributed by atoms with Crippen molar-refractivity contribution in [3.05, 3.63) is 12.7 Å². The minimum atomic E-state index is -4.27. The maximum Gasteiger partial charge on any atom is 0.332 e. The Hall–Kier alpha value is -1.54. The number of hydrogen-bond donors (Lipinski definition) is 3. The summed E-state index contributed by atoms with van der Waals surface area (Å²) in [4.78, 5) is 30.4. The maximum absolute atomic E-state index is 11.4. The first-order valence-electron chi connectivity index (χ1n) is 5.39. The first kappa shape index (κ1) is 13.9. The fourth-order valence-electron chi connectivity index (χ4n) is 1.71. The molecule has 4 N–H and O–H groups in total. The molecule has 0 amide bonds. The topological polar surface area (TPSA) is 136 Å². The van der Waals surface area contributed by atoms with Gasteiger partial charge in [0.05, 0.1) is 12.9 Å². The summed E-state index contributed by atoms with van der Waals surface area (Å²) >= 11 is 0. The summed E-state index contributed by atoms with van der Waals surface area (Å²) in [7, 11) is -2.89. The van der Waals surface area contributed by atoms with Gasteiger partial charge in [0.1, 0.15) is 17.5 Å². The minimum Gasteiger partial charge on any atom is -0.384 e. The van der Waals surface area contributed by atoms with Gasteiger partial charge in [-0.05, 0) is 0 Å². The Kier molecular flexibility index (Phi) is 3.81. The van der Waals surface area contributed by atoms with Crippen LogP contribution in [0, 0.1) is 0 Å². The van der Waals surface area contributed by atoms with Gasteiger partial charge < -0.3 is 24.8 Å². The molecule has 0 aliphatic carbocycles. The van der Waals surface area contributed by atoms with E-state index < -0.39 is 13.3 Å². The van der Waals surface area contributed by atoms with E-state index in [2.05, 4.69) is 15.0 Å².